The van der Waals surface area contributed by atoms with Gasteiger partial charge in [-0.3, -0.25) is 0 Å². The molecule has 0 atom stereocenters. The van der Waals surface area contributed by atoms with E-state index in [0.717, 1.165) is 6.07 Å². The number of hydrogen-bond donors (Lipinski definition) is 3. The van der Waals surface area contributed by atoms with Gasteiger partial charge in [-0.2, -0.15) is 0 Å². The van der Waals surface area contributed by atoms with Gasteiger partial charge in [0.1, 0.15) is 5.82 Å². The minimum atomic E-state index is -1.37. The van der Waals surface area contributed by atoms with Crippen molar-refractivity contribution in [3.05, 3.63) is 34.2 Å². The standard InChI is InChI=1S/C13H12ClFN4O3/c1-22-10-9(13(20)21)18-12(19-11(10)17)6-2-5(4-16)7(14)3-8(6)15/h2-3H,4,16H2,1H3,(H,20,21)(H2,17,18,19). The van der Waals surface area contributed by atoms with Crippen molar-refractivity contribution in [3.63, 3.8) is 0 Å². The average Bonchev–Trinajstić information content (AvgIpc) is 2.46. The molecule has 1 aromatic carbocycles. The molecule has 0 saturated heterocycles. The van der Waals surface area contributed by atoms with Crippen LogP contribution in [0, 0.1) is 5.82 Å². The van der Waals surface area contributed by atoms with Crippen molar-refractivity contribution in [2.75, 3.05) is 12.8 Å². The third-order valence-electron chi connectivity index (χ3n) is 2.90. The molecular formula is C13H12ClFN4O3. The summed E-state index contributed by atoms with van der Waals surface area (Å²) in [6.45, 7) is 0.0730. The van der Waals surface area contributed by atoms with E-state index in [2.05, 4.69) is 9.97 Å². The minimum absolute atomic E-state index is 0.0540. The fraction of sp³-hybridized carbons (Fsp3) is 0.154. The Morgan fingerprint density at radius 1 is 1.45 bits per heavy atom. The largest absolute Gasteiger partial charge is 0.491 e. The minimum Gasteiger partial charge on any atom is -0.491 e. The molecule has 0 bridgehead atoms. The van der Waals surface area contributed by atoms with Crippen molar-refractivity contribution in [2.24, 2.45) is 5.73 Å². The summed E-state index contributed by atoms with van der Waals surface area (Å²) >= 11 is 5.85. The van der Waals surface area contributed by atoms with Gasteiger partial charge in [-0.1, -0.05) is 11.6 Å². The van der Waals surface area contributed by atoms with Crippen LogP contribution < -0.4 is 16.2 Å². The fourth-order valence-electron chi connectivity index (χ4n) is 1.86. The molecule has 2 rings (SSSR count). The number of aromatic nitrogens is 2. The zero-order valence-electron chi connectivity index (χ0n) is 11.4. The molecule has 116 valence electrons. The number of hydrogen-bond acceptors (Lipinski definition) is 6. The molecule has 7 nitrogen and oxygen atoms in total. The van der Waals surface area contributed by atoms with Crippen LogP contribution >= 0.6 is 11.6 Å². The first-order valence-electron chi connectivity index (χ1n) is 6.02. The molecule has 0 aliphatic carbocycles. The smallest absolute Gasteiger partial charge is 0.358 e. The maximum atomic E-state index is 14.1. The number of nitrogen functional groups attached to an aromatic ring is 1. The summed E-state index contributed by atoms with van der Waals surface area (Å²) in [5, 5.41) is 9.30. The van der Waals surface area contributed by atoms with Gasteiger partial charge in [-0.25, -0.2) is 19.2 Å². The number of anilines is 1. The van der Waals surface area contributed by atoms with Gasteiger partial charge in [0.15, 0.2) is 23.1 Å². The number of benzene rings is 1. The van der Waals surface area contributed by atoms with Gasteiger partial charge in [0.2, 0.25) is 0 Å². The highest BCUT2D eigenvalue weighted by Gasteiger charge is 2.21. The van der Waals surface area contributed by atoms with Crippen LogP contribution in [-0.2, 0) is 6.54 Å². The number of nitrogens with zero attached hydrogens (tertiary/aromatic N) is 2. The van der Waals surface area contributed by atoms with Crippen LogP contribution in [0.4, 0.5) is 10.2 Å². The van der Waals surface area contributed by atoms with Crippen LogP contribution in [-0.4, -0.2) is 28.2 Å². The maximum absolute atomic E-state index is 14.1. The van der Waals surface area contributed by atoms with E-state index >= 15 is 0 Å². The molecule has 0 spiro atoms. The summed E-state index contributed by atoms with van der Waals surface area (Å²) in [4.78, 5) is 18.9. The van der Waals surface area contributed by atoms with Crippen LogP contribution in [0.3, 0.4) is 0 Å². The summed E-state index contributed by atoms with van der Waals surface area (Å²) in [5.74, 6) is -2.69. The summed E-state index contributed by atoms with van der Waals surface area (Å²) in [6, 6.07) is 2.41. The topological polar surface area (TPSA) is 124 Å². The van der Waals surface area contributed by atoms with Crippen LogP contribution in [0.25, 0.3) is 11.4 Å². The quantitative estimate of drug-likeness (QED) is 0.780. The third-order valence-corrected chi connectivity index (χ3v) is 3.25. The molecule has 0 radical (unpaired) electrons. The maximum Gasteiger partial charge on any atom is 0.358 e. The first-order chi connectivity index (χ1) is 10.4. The Hall–Kier alpha value is -2.45. The molecule has 0 fully saturated rings. The molecule has 9 heteroatoms. The molecule has 1 aromatic heterocycles. The molecule has 0 amide bonds. The molecule has 22 heavy (non-hydrogen) atoms. The molecule has 2 aromatic rings. The average molecular weight is 327 g/mol. The molecule has 0 aliphatic heterocycles. The second-order valence-corrected chi connectivity index (χ2v) is 4.65. The van der Waals surface area contributed by atoms with Crippen molar-refractivity contribution >= 4 is 23.4 Å². The number of carboxylic acids is 1. The Labute approximate surface area is 129 Å². The first-order valence-corrected chi connectivity index (χ1v) is 6.40. The van der Waals surface area contributed by atoms with Crippen LogP contribution in [0.5, 0.6) is 5.75 Å². The number of ether oxygens (including phenoxy) is 1. The van der Waals surface area contributed by atoms with Gasteiger partial charge in [0.25, 0.3) is 0 Å². The third kappa shape index (κ3) is 2.78. The Morgan fingerprint density at radius 3 is 2.68 bits per heavy atom. The van der Waals surface area contributed by atoms with E-state index in [1.807, 2.05) is 0 Å². The number of carboxylic acid groups (broad SMARTS) is 1. The van der Waals surface area contributed by atoms with Crippen LogP contribution in [0.1, 0.15) is 16.1 Å². The lowest BCUT2D eigenvalue weighted by atomic mass is 10.1. The SMILES string of the molecule is COc1c(N)nc(-c2cc(CN)c(Cl)cc2F)nc1C(=O)O. The van der Waals surface area contributed by atoms with E-state index < -0.39 is 17.5 Å². The molecule has 0 unspecified atom stereocenters. The number of carbonyl (C=O) groups is 1. The lowest BCUT2D eigenvalue weighted by Crippen LogP contribution is -2.10. The monoisotopic (exact) mass is 326 g/mol. The van der Waals surface area contributed by atoms with Gasteiger partial charge < -0.3 is 21.3 Å². The summed E-state index contributed by atoms with van der Waals surface area (Å²) < 4.78 is 18.9. The van der Waals surface area contributed by atoms with Gasteiger partial charge in [0, 0.05) is 11.6 Å². The van der Waals surface area contributed by atoms with Crippen LogP contribution in [0.15, 0.2) is 12.1 Å². The van der Waals surface area contributed by atoms with Crippen molar-refractivity contribution in [1.82, 2.24) is 9.97 Å². The summed E-state index contributed by atoms with van der Waals surface area (Å²) in [6.07, 6.45) is 0. The number of rotatable bonds is 4. The lowest BCUT2D eigenvalue weighted by Gasteiger charge is -2.11. The first kappa shape index (κ1) is 15.9. The van der Waals surface area contributed by atoms with Crippen molar-refractivity contribution in [3.8, 4) is 17.1 Å². The van der Waals surface area contributed by atoms with E-state index in [-0.39, 0.29) is 34.5 Å². The zero-order chi connectivity index (χ0) is 16.4. The molecule has 0 saturated carbocycles. The Bertz CT molecular complexity index is 755. The Kier molecular flexibility index (Phi) is 4.43. The highest BCUT2D eigenvalue weighted by Crippen LogP contribution is 2.30. The summed E-state index contributed by atoms with van der Waals surface area (Å²) in [7, 11) is 1.23. The lowest BCUT2D eigenvalue weighted by molar-refractivity contribution is 0.0686. The second kappa shape index (κ2) is 6.12. The van der Waals surface area contributed by atoms with Gasteiger partial charge in [-0.05, 0) is 17.7 Å². The molecular weight excluding hydrogens is 315 g/mol. The number of aromatic carboxylic acids is 1. The number of nitrogens with two attached hydrogens (primary N) is 2. The highest BCUT2D eigenvalue weighted by atomic mass is 35.5. The second-order valence-electron chi connectivity index (χ2n) is 4.25. The van der Waals surface area contributed by atoms with E-state index in [9.17, 15) is 9.18 Å². The Morgan fingerprint density at radius 2 is 2.14 bits per heavy atom. The van der Waals surface area contributed by atoms with Crippen LogP contribution in [0.2, 0.25) is 5.02 Å². The predicted octanol–water partition coefficient (Wildman–Crippen LogP) is 1.68. The predicted molar refractivity (Wildman–Crippen MR) is 78.3 cm³/mol. The fourth-order valence-corrected chi connectivity index (χ4v) is 2.08. The molecule has 5 N–H and O–H groups in total. The normalized spacial score (nSPS) is 10.5. The van der Waals surface area contributed by atoms with E-state index in [1.165, 1.54) is 13.2 Å². The molecule has 1 heterocycles. The Balaban J connectivity index is 2.70. The number of methoxy groups -OCH3 is 1. The van der Waals surface area contributed by atoms with E-state index in [4.69, 9.17) is 32.9 Å². The van der Waals surface area contributed by atoms with Crippen molar-refractivity contribution in [1.29, 1.82) is 0 Å². The van der Waals surface area contributed by atoms with Gasteiger partial charge in [0.05, 0.1) is 12.7 Å². The van der Waals surface area contributed by atoms with Gasteiger partial charge in [-0.15, -0.1) is 0 Å². The number of halogens is 2. The van der Waals surface area contributed by atoms with E-state index in [0.29, 0.717) is 5.56 Å². The van der Waals surface area contributed by atoms with Crippen molar-refractivity contribution < 1.29 is 19.0 Å². The van der Waals surface area contributed by atoms with Crippen molar-refractivity contribution in [2.45, 2.75) is 6.54 Å². The highest BCUT2D eigenvalue weighted by molar-refractivity contribution is 6.31. The van der Waals surface area contributed by atoms with E-state index in [1.54, 1.807) is 0 Å². The van der Waals surface area contributed by atoms with Gasteiger partial charge >= 0.3 is 5.97 Å². The zero-order valence-corrected chi connectivity index (χ0v) is 12.2. The molecule has 0 aliphatic rings. The summed E-state index contributed by atoms with van der Waals surface area (Å²) in [5.41, 5.74) is 11.1.